The van der Waals surface area contributed by atoms with Gasteiger partial charge in [0.05, 0.1) is 0 Å². The first-order chi connectivity index (χ1) is 11.3. The van der Waals surface area contributed by atoms with Crippen LogP contribution < -0.4 is 10.6 Å². The number of rotatable bonds is 5. The topological polar surface area (TPSA) is 58.2 Å². The Hall–Kier alpha value is -2.62. The van der Waals surface area contributed by atoms with Crippen LogP contribution in [0.3, 0.4) is 0 Å². The third kappa shape index (κ3) is 4.95. The van der Waals surface area contributed by atoms with E-state index < -0.39 is 0 Å². The van der Waals surface area contributed by atoms with Crippen LogP contribution >= 0.6 is 0 Å². The monoisotopic (exact) mass is 324 g/mol. The molecule has 0 heterocycles. The van der Waals surface area contributed by atoms with Crippen LogP contribution in [0.25, 0.3) is 0 Å². The van der Waals surface area contributed by atoms with Crippen molar-refractivity contribution in [1.29, 1.82) is 0 Å². The Kier molecular flexibility index (Phi) is 5.74. The van der Waals surface area contributed by atoms with Crippen molar-refractivity contribution in [3.05, 3.63) is 58.7 Å². The Bertz CT molecular complexity index is 701. The van der Waals surface area contributed by atoms with E-state index in [0.717, 1.165) is 33.6 Å². The van der Waals surface area contributed by atoms with Crippen LogP contribution in [0.5, 0.6) is 0 Å². The zero-order valence-corrected chi connectivity index (χ0v) is 14.7. The van der Waals surface area contributed by atoms with Gasteiger partial charge in [-0.2, -0.15) is 0 Å². The van der Waals surface area contributed by atoms with Gasteiger partial charge in [-0.1, -0.05) is 35.4 Å². The van der Waals surface area contributed by atoms with Crippen LogP contribution in [0.4, 0.5) is 11.4 Å². The first kappa shape index (κ1) is 17.7. The lowest BCUT2D eigenvalue weighted by Crippen LogP contribution is -2.18. The summed E-state index contributed by atoms with van der Waals surface area (Å²) < 4.78 is 0. The molecular weight excluding hydrogens is 300 g/mol. The molecule has 24 heavy (non-hydrogen) atoms. The maximum absolute atomic E-state index is 12.0. The van der Waals surface area contributed by atoms with Gasteiger partial charge < -0.3 is 10.6 Å². The molecule has 0 aliphatic heterocycles. The molecule has 2 N–H and O–H groups in total. The van der Waals surface area contributed by atoms with Gasteiger partial charge in [-0.3, -0.25) is 9.59 Å². The molecule has 0 atom stereocenters. The molecule has 0 unspecified atom stereocenters. The summed E-state index contributed by atoms with van der Waals surface area (Å²) in [7, 11) is 0. The molecule has 2 aromatic carbocycles. The molecule has 4 nitrogen and oxygen atoms in total. The Morgan fingerprint density at radius 1 is 0.708 bits per heavy atom. The molecule has 0 radical (unpaired) electrons. The van der Waals surface area contributed by atoms with E-state index >= 15 is 0 Å². The maximum atomic E-state index is 12.0. The van der Waals surface area contributed by atoms with E-state index in [4.69, 9.17) is 0 Å². The van der Waals surface area contributed by atoms with Crippen molar-refractivity contribution >= 4 is 23.2 Å². The molecule has 0 aliphatic carbocycles. The average molecular weight is 324 g/mol. The van der Waals surface area contributed by atoms with E-state index in [0.29, 0.717) is 0 Å². The molecule has 126 valence electrons. The summed E-state index contributed by atoms with van der Waals surface area (Å²) in [6.45, 7) is 7.93. The second-order valence-corrected chi connectivity index (χ2v) is 6.23. The number of anilines is 2. The third-order valence-corrected chi connectivity index (χ3v) is 3.89. The van der Waals surface area contributed by atoms with E-state index in [9.17, 15) is 9.59 Å². The Balaban J connectivity index is 1.85. The summed E-state index contributed by atoms with van der Waals surface area (Å²) in [5.41, 5.74) is 5.92. The number of hydrogen-bond donors (Lipinski definition) is 2. The SMILES string of the molecule is Cc1ccc(NC(=O)CCC(=O)Nc2ccc(C)cc2C)c(C)c1. The zero-order valence-electron chi connectivity index (χ0n) is 14.7. The first-order valence-electron chi connectivity index (χ1n) is 8.09. The van der Waals surface area contributed by atoms with Gasteiger partial charge in [-0.05, 0) is 51.0 Å². The number of carbonyl (C=O) groups is 2. The molecular formula is C20H24N2O2. The van der Waals surface area contributed by atoms with Gasteiger partial charge in [0.15, 0.2) is 0 Å². The number of hydrogen-bond acceptors (Lipinski definition) is 2. The summed E-state index contributed by atoms with van der Waals surface area (Å²) in [5, 5.41) is 5.71. The van der Waals surface area contributed by atoms with Gasteiger partial charge in [0.2, 0.25) is 11.8 Å². The normalized spacial score (nSPS) is 10.3. The van der Waals surface area contributed by atoms with Crippen LogP contribution in [0.1, 0.15) is 35.1 Å². The Labute approximate surface area is 143 Å². The number of aryl methyl sites for hydroxylation is 4. The largest absolute Gasteiger partial charge is 0.326 e. The quantitative estimate of drug-likeness (QED) is 0.862. The minimum Gasteiger partial charge on any atom is -0.326 e. The van der Waals surface area contributed by atoms with E-state index in [2.05, 4.69) is 10.6 Å². The molecule has 0 saturated heterocycles. The fourth-order valence-electron chi connectivity index (χ4n) is 2.56. The highest BCUT2D eigenvalue weighted by Crippen LogP contribution is 2.18. The molecule has 0 bridgehead atoms. The van der Waals surface area contributed by atoms with E-state index in [1.54, 1.807) is 0 Å². The molecule has 0 aliphatic rings. The van der Waals surface area contributed by atoms with Crippen molar-refractivity contribution in [2.24, 2.45) is 0 Å². The molecule has 2 aromatic rings. The van der Waals surface area contributed by atoms with Crippen molar-refractivity contribution in [1.82, 2.24) is 0 Å². The zero-order chi connectivity index (χ0) is 17.7. The Morgan fingerprint density at radius 2 is 1.08 bits per heavy atom. The average Bonchev–Trinajstić information content (AvgIpc) is 2.51. The molecule has 2 amide bonds. The van der Waals surface area contributed by atoms with Gasteiger partial charge in [0.1, 0.15) is 0 Å². The number of amides is 2. The molecule has 4 heteroatoms. The lowest BCUT2D eigenvalue weighted by molar-refractivity contribution is -0.121. The van der Waals surface area contributed by atoms with E-state index in [-0.39, 0.29) is 24.7 Å². The van der Waals surface area contributed by atoms with Crippen LogP contribution in [0.2, 0.25) is 0 Å². The van der Waals surface area contributed by atoms with Crippen molar-refractivity contribution in [2.75, 3.05) is 10.6 Å². The van der Waals surface area contributed by atoms with Crippen LogP contribution in [-0.4, -0.2) is 11.8 Å². The molecule has 2 rings (SSSR count). The highest BCUT2D eigenvalue weighted by molar-refractivity contribution is 5.97. The van der Waals surface area contributed by atoms with Gasteiger partial charge in [0, 0.05) is 24.2 Å². The summed E-state index contributed by atoms with van der Waals surface area (Å²) in [6, 6.07) is 11.7. The second kappa shape index (κ2) is 7.77. The lowest BCUT2D eigenvalue weighted by atomic mass is 10.1. The van der Waals surface area contributed by atoms with Gasteiger partial charge in [-0.15, -0.1) is 0 Å². The standard InChI is InChI=1S/C20H24N2O2/c1-13-5-7-17(15(3)11-13)21-19(23)9-10-20(24)22-18-8-6-14(2)12-16(18)4/h5-8,11-12H,9-10H2,1-4H3,(H,21,23)(H,22,24). The van der Waals surface area contributed by atoms with Crippen molar-refractivity contribution in [3.8, 4) is 0 Å². The number of carbonyl (C=O) groups excluding carboxylic acids is 2. The summed E-state index contributed by atoms with van der Waals surface area (Å²) >= 11 is 0. The second-order valence-electron chi connectivity index (χ2n) is 6.23. The summed E-state index contributed by atoms with van der Waals surface area (Å²) in [5.74, 6) is -0.310. The van der Waals surface area contributed by atoms with Crippen LogP contribution in [0.15, 0.2) is 36.4 Å². The Morgan fingerprint density at radius 3 is 1.42 bits per heavy atom. The first-order valence-corrected chi connectivity index (χ1v) is 8.09. The predicted octanol–water partition coefficient (Wildman–Crippen LogP) is 4.28. The third-order valence-electron chi connectivity index (χ3n) is 3.89. The fourth-order valence-corrected chi connectivity index (χ4v) is 2.56. The van der Waals surface area contributed by atoms with E-state index in [1.165, 1.54) is 0 Å². The molecule has 0 saturated carbocycles. The van der Waals surface area contributed by atoms with Crippen molar-refractivity contribution < 1.29 is 9.59 Å². The van der Waals surface area contributed by atoms with E-state index in [1.807, 2.05) is 64.1 Å². The number of benzene rings is 2. The maximum Gasteiger partial charge on any atom is 0.224 e. The molecule has 0 aromatic heterocycles. The molecule has 0 spiro atoms. The smallest absolute Gasteiger partial charge is 0.224 e. The molecule has 0 fully saturated rings. The highest BCUT2D eigenvalue weighted by Gasteiger charge is 2.10. The highest BCUT2D eigenvalue weighted by atomic mass is 16.2. The predicted molar refractivity (Wildman–Crippen MR) is 98.3 cm³/mol. The van der Waals surface area contributed by atoms with Gasteiger partial charge in [0.25, 0.3) is 0 Å². The minimum absolute atomic E-state index is 0.155. The van der Waals surface area contributed by atoms with Gasteiger partial charge >= 0.3 is 0 Å². The van der Waals surface area contributed by atoms with Gasteiger partial charge in [-0.25, -0.2) is 0 Å². The van der Waals surface area contributed by atoms with Crippen molar-refractivity contribution in [3.63, 3.8) is 0 Å². The van der Waals surface area contributed by atoms with Crippen LogP contribution in [0, 0.1) is 27.7 Å². The fraction of sp³-hybridized carbons (Fsp3) is 0.300. The minimum atomic E-state index is -0.155. The summed E-state index contributed by atoms with van der Waals surface area (Å²) in [6.07, 6.45) is 0.314. The lowest BCUT2D eigenvalue weighted by Gasteiger charge is -2.10. The van der Waals surface area contributed by atoms with Crippen LogP contribution in [-0.2, 0) is 9.59 Å². The van der Waals surface area contributed by atoms with Crippen molar-refractivity contribution in [2.45, 2.75) is 40.5 Å². The number of nitrogens with one attached hydrogen (secondary N) is 2. The summed E-state index contributed by atoms with van der Waals surface area (Å²) in [4.78, 5) is 24.1.